The molecule has 1 heterocycles. The molecule has 1 aromatic heterocycles. The van der Waals surface area contributed by atoms with Crippen LogP contribution in [0.25, 0.3) is 10.1 Å². The first-order chi connectivity index (χ1) is 13.5. The smallest absolute Gasteiger partial charge is 0.283 e. The zero-order valence-electron chi connectivity index (χ0n) is 15.2. The van der Waals surface area contributed by atoms with E-state index in [0.29, 0.717) is 47.8 Å². The van der Waals surface area contributed by atoms with Crippen molar-refractivity contribution in [2.75, 3.05) is 21.3 Å². The number of carbonyl (C=O) groups is 1. The summed E-state index contributed by atoms with van der Waals surface area (Å²) in [6, 6.07) is 8.73. The predicted molar refractivity (Wildman–Crippen MR) is 113 cm³/mol. The second-order valence-corrected chi connectivity index (χ2v) is 7.29. The number of ether oxygens (including phenoxy) is 3. The predicted octanol–water partition coefficient (Wildman–Crippen LogP) is 5.00. The van der Waals surface area contributed by atoms with E-state index in [0.717, 1.165) is 0 Å². The van der Waals surface area contributed by atoms with Crippen LogP contribution in [0.15, 0.2) is 35.4 Å². The molecule has 6 nitrogen and oxygen atoms in total. The molecule has 0 saturated carbocycles. The second kappa shape index (κ2) is 8.68. The number of carbonyl (C=O) groups excluding carboxylic acids is 1. The maximum Gasteiger partial charge on any atom is 0.283 e. The van der Waals surface area contributed by atoms with E-state index in [2.05, 4.69) is 10.5 Å². The first kappa shape index (κ1) is 20.3. The van der Waals surface area contributed by atoms with Crippen LogP contribution in [0, 0.1) is 0 Å². The van der Waals surface area contributed by atoms with Gasteiger partial charge >= 0.3 is 0 Å². The van der Waals surface area contributed by atoms with Crippen molar-refractivity contribution in [3.8, 4) is 17.2 Å². The third-order valence-corrected chi connectivity index (χ3v) is 6.15. The number of amides is 1. The molecule has 0 bridgehead atoms. The molecule has 3 aromatic rings. The molecular formula is C19H16Cl2N2O4S. The molecule has 0 spiro atoms. The van der Waals surface area contributed by atoms with E-state index in [1.165, 1.54) is 24.7 Å². The van der Waals surface area contributed by atoms with Gasteiger partial charge in [0.15, 0.2) is 0 Å². The van der Waals surface area contributed by atoms with Crippen molar-refractivity contribution in [1.29, 1.82) is 0 Å². The van der Waals surface area contributed by atoms with Gasteiger partial charge in [-0.3, -0.25) is 4.79 Å². The topological polar surface area (TPSA) is 69.2 Å². The van der Waals surface area contributed by atoms with Crippen LogP contribution in [0.5, 0.6) is 17.2 Å². The Kier molecular flexibility index (Phi) is 6.28. The molecule has 0 atom stereocenters. The van der Waals surface area contributed by atoms with Gasteiger partial charge in [0.05, 0.1) is 37.3 Å². The highest BCUT2D eigenvalue weighted by atomic mass is 35.5. The third kappa shape index (κ3) is 3.87. The van der Waals surface area contributed by atoms with Crippen LogP contribution in [-0.4, -0.2) is 33.5 Å². The van der Waals surface area contributed by atoms with Gasteiger partial charge in [-0.2, -0.15) is 5.10 Å². The minimum absolute atomic E-state index is 0.307. The van der Waals surface area contributed by atoms with E-state index in [4.69, 9.17) is 37.4 Å². The summed E-state index contributed by atoms with van der Waals surface area (Å²) in [4.78, 5) is 12.8. The molecule has 3 rings (SSSR count). The highest BCUT2D eigenvalue weighted by molar-refractivity contribution is 7.22. The van der Waals surface area contributed by atoms with Crippen LogP contribution in [-0.2, 0) is 0 Å². The number of fused-ring (bicyclic) bond motifs is 1. The Morgan fingerprint density at radius 1 is 1.04 bits per heavy atom. The number of hydrogen-bond acceptors (Lipinski definition) is 6. The van der Waals surface area contributed by atoms with Crippen LogP contribution >= 0.6 is 34.5 Å². The number of benzene rings is 2. The molecule has 0 aliphatic rings. The average molecular weight is 439 g/mol. The van der Waals surface area contributed by atoms with Crippen molar-refractivity contribution in [1.82, 2.24) is 5.43 Å². The Balaban J connectivity index is 1.85. The van der Waals surface area contributed by atoms with Crippen molar-refractivity contribution >= 4 is 56.7 Å². The summed E-state index contributed by atoms with van der Waals surface area (Å²) in [5, 5.41) is 5.41. The van der Waals surface area contributed by atoms with Gasteiger partial charge in [-0.1, -0.05) is 23.2 Å². The van der Waals surface area contributed by atoms with Crippen molar-refractivity contribution in [2.24, 2.45) is 5.10 Å². The van der Waals surface area contributed by atoms with E-state index in [9.17, 15) is 4.79 Å². The van der Waals surface area contributed by atoms with E-state index < -0.39 is 5.91 Å². The van der Waals surface area contributed by atoms with Crippen LogP contribution in [0.1, 0.15) is 15.2 Å². The van der Waals surface area contributed by atoms with Crippen LogP contribution in [0.4, 0.5) is 0 Å². The molecule has 0 fully saturated rings. The number of nitrogens with one attached hydrogen (secondary N) is 1. The molecule has 0 unspecified atom stereocenters. The highest BCUT2D eigenvalue weighted by Crippen LogP contribution is 2.42. The minimum Gasteiger partial charge on any atom is -0.497 e. The quantitative estimate of drug-likeness (QED) is 0.434. The molecular weight excluding hydrogens is 423 g/mol. The van der Waals surface area contributed by atoms with Gasteiger partial charge in [-0.15, -0.1) is 11.3 Å². The molecule has 28 heavy (non-hydrogen) atoms. The zero-order chi connectivity index (χ0) is 20.3. The maximum absolute atomic E-state index is 12.5. The van der Waals surface area contributed by atoms with Crippen molar-refractivity contribution in [3.05, 3.63) is 50.8 Å². The fraction of sp³-hybridized carbons (Fsp3) is 0.158. The number of methoxy groups -OCH3 is 3. The molecule has 0 radical (unpaired) electrons. The molecule has 1 N–H and O–H groups in total. The monoisotopic (exact) mass is 438 g/mol. The maximum atomic E-state index is 12.5. The van der Waals surface area contributed by atoms with Crippen LogP contribution in [0.3, 0.4) is 0 Å². The fourth-order valence-electron chi connectivity index (χ4n) is 2.53. The van der Waals surface area contributed by atoms with Crippen LogP contribution in [0.2, 0.25) is 10.0 Å². The molecule has 0 aliphatic carbocycles. The molecule has 9 heteroatoms. The van der Waals surface area contributed by atoms with Gasteiger partial charge in [0.25, 0.3) is 5.91 Å². The summed E-state index contributed by atoms with van der Waals surface area (Å²) in [5.41, 5.74) is 3.12. The fourth-order valence-corrected chi connectivity index (χ4v) is 4.32. The number of thiophene rings is 1. The summed E-state index contributed by atoms with van der Waals surface area (Å²) in [5.74, 6) is 1.31. The van der Waals surface area contributed by atoms with Gasteiger partial charge in [0.1, 0.15) is 27.1 Å². The largest absolute Gasteiger partial charge is 0.497 e. The van der Waals surface area contributed by atoms with Gasteiger partial charge in [0.2, 0.25) is 0 Å². The summed E-state index contributed by atoms with van der Waals surface area (Å²) in [6.45, 7) is 0. The van der Waals surface area contributed by atoms with Gasteiger partial charge in [-0.05, 0) is 30.3 Å². The summed E-state index contributed by atoms with van der Waals surface area (Å²) >= 11 is 13.9. The van der Waals surface area contributed by atoms with Crippen molar-refractivity contribution in [3.63, 3.8) is 0 Å². The van der Waals surface area contributed by atoms with E-state index >= 15 is 0 Å². The van der Waals surface area contributed by atoms with Gasteiger partial charge in [0, 0.05) is 10.9 Å². The van der Waals surface area contributed by atoms with Crippen molar-refractivity contribution < 1.29 is 19.0 Å². The number of nitrogens with zero attached hydrogens (tertiary/aromatic N) is 1. The Bertz CT molecular complexity index is 1070. The first-order valence-corrected chi connectivity index (χ1v) is 9.57. The lowest BCUT2D eigenvalue weighted by Crippen LogP contribution is -2.16. The lowest BCUT2D eigenvalue weighted by Gasteiger charge is -2.06. The lowest BCUT2D eigenvalue weighted by molar-refractivity contribution is 0.0959. The third-order valence-electron chi connectivity index (χ3n) is 3.93. The Morgan fingerprint density at radius 3 is 2.43 bits per heavy atom. The SMILES string of the molecule is COc1ccc(OC)c(/C=N/NC(=O)c2sc3c(Cl)c(OC)ccc3c2Cl)c1. The average Bonchev–Trinajstić information content (AvgIpc) is 3.05. The summed E-state index contributed by atoms with van der Waals surface area (Å²) < 4.78 is 16.3. The molecule has 2 aromatic carbocycles. The van der Waals surface area contributed by atoms with E-state index in [1.54, 1.807) is 44.6 Å². The number of hydrogen-bond donors (Lipinski definition) is 1. The van der Waals surface area contributed by atoms with Gasteiger partial charge in [-0.25, -0.2) is 5.43 Å². The molecule has 0 saturated heterocycles. The van der Waals surface area contributed by atoms with Crippen LogP contribution < -0.4 is 19.6 Å². The standard InChI is InChI=1S/C19H16Cl2N2O4S/c1-25-11-4-6-13(26-2)10(8-11)9-22-23-19(24)18-15(20)12-5-7-14(27-3)16(21)17(12)28-18/h4-9H,1-3H3,(H,23,24)/b22-9+. The first-order valence-electron chi connectivity index (χ1n) is 8.00. The number of rotatable bonds is 6. The number of hydrazone groups is 1. The Morgan fingerprint density at radius 2 is 1.75 bits per heavy atom. The Labute approximate surface area is 175 Å². The normalized spacial score (nSPS) is 11.0. The lowest BCUT2D eigenvalue weighted by atomic mass is 10.2. The van der Waals surface area contributed by atoms with Gasteiger partial charge < -0.3 is 14.2 Å². The summed E-state index contributed by atoms with van der Waals surface area (Å²) in [6.07, 6.45) is 1.47. The summed E-state index contributed by atoms with van der Waals surface area (Å²) in [7, 11) is 4.64. The highest BCUT2D eigenvalue weighted by Gasteiger charge is 2.20. The molecule has 146 valence electrons. The number of halogens is 2. The Hall–Kier alpha value is -2.48. The molecule has 1 amide bonds. The van der Waals surface area contributed by atoms with Crippen molar-refractivity contribution in [2.45, 2.75) is 0 Å². The molecule has 0 aliphatic heterocycles. The van der Waals surface area contributed by atoms with E-state index in [1.807, 2.05) is 0 Å². The minimum atomic E-state index is -0.445. The second-order valence-electron chi connectivity index (χ2n) is 5.51. The zero-order valence-corrected chi connectivity index (χ0v) is 17.5. The van der Waals surface area contributed by atoms with E-state index in [-0.39, 0.29) is 0 Å².